The Hall–Kier alpha value is -2.87. The van der Waals surface area contributed by atoms with E-state index in [0.29, 0.717) is 12.4 Å². The molecule has 0 atom stereocenters. The molecule has 0 saturated heterocycles. The highest BCUT2D eigenvalue weighted by Gasteiger charge is 2.08. The molecule has 1 N–H and O–H groups in total. The lowest BCUT2D eigenvalue weighted by molar-refractivity contribution is 0.911. The minimum absolute atomic E-state index is 0.599. The van der Waals surface area contributed by atoms with Gasteiger partial charge in [0, 0.05) is 35.6 Å². The van der Waals surface area contributed by atoms with Crippen LogP contribution in [0.1, 0.15) is 11.4 Å². The first-order chi connectivity index (χ1) is 11.3. The van der Waals surface area contributed by atoms with Gasteiger partial charge in [0.15, 0.2) is 16.5 Å². The highest BCUT2D eigenvalue weighted by atomic mass is 32.1. The van der Waals surface area contributed by atoms with Crippen LogP contribution in [0.25, 0.3) is 16.5 Å². The molecule has 4 heterocycles. The summed E-state index contributed by atoms with van der Waals surface area (Å²) in [4.78, 5) is 17.4. The van der Waals surface area contributed by atoms with Crippen LogP contribution < -0.4 is 5.32 Å². The van der Waals surface area contributed by atoms with Crippen LogP contribution in [0.5, 0.6) is 0 Å². The van der Waals surface area contributed by atoms with Gasteiger partial charge in [-0.3, -0.25) is 0 Å². The first-order valence-electron chi connectivity index (χ1n) is 7.07. The third kappa shape index (κ3) is 2.76. The summed E-state index contributed by atoms with van der Waals surface area (Å²) in [5.41, 5.74) is 2.70. The van der Waals surface area contributed by atoms with Crippen LogP contribution in [0.3, 0.4) is 0 Å². The second-order valence-corrected chi connectivity index (χ2v) is 5.81. The van der Waals surface area contributed by atoms with Crippen molar-refractivity contribution in [1.29, 1.82) is 0 Å². The predicted molar refractivity (Wildman–Crippen MR) is 88.2 cm³/mol. The molecular weight excluding hydrogens is 310 g/mol. The molecule has 23 heavy (non-hydrogen) atoms. The summed E-state index contributed by atoms with van der Waals surface area (Å²) < 4.78 is 1.78. The fraction of sp³-hybridized carbons (Fsp3) is 0.133. The molecule has 0 radical (unpaired) electrons. The van der Waals surface area contributed by atoms with E-state index in [2.05, 4.69) is 30.4 Å². The molecular formula is C15H13N7S. The van der Waals surface area contributed by atoms with Crippen molar-refractivity contribution in [2.24, 2.45) is 0 Å². The molecule has 4 aromatic rings. The van der Waals surface area contributed by atoms with Crippen molar-refractivity contribution in [2.75, 3.05) is 5.32 Å². The number of hydrogen-bond donors (Lipinski definition) is 1. The topological polar surface area (TPSA) is 80.9 Å². The lowest BCUT2D eigenvalue weighted by Gasteiger charge is -2.07. The molecule has 114 valence electrons. The molecule has 7 nitrogen and oxygen atoms in total. The molecule has 4 aromatic heterocycles. The van der Waals surface area contributed by atoms with Crippen molar-refractivity contribution < 1.29 is 0 Å². The molecule has 0 spiro atoms. The van der Waals surface area contributed by atoms with Gasteiger partial charge in [0.05, 0.1) is 18.4 Å². The van der Waals surface area contributed by atoms with Crippen LogP contribution in [-0.4, -0.2) is 29.5 Å². The third-order valence-electron chi connectivity index (χ3n) is 3.25. The van der Waals surface area contributed by atoms with Gasteiger partial charge in [-0.05, 0) is 13.0 Å². The second kappa shape index (κ2) is 5.73. The number of hydrogen-bond acceptors (Lipinski definition) is 7. The van der Waals surface area contributed by atoms with Gasteiger partial charge in [-0.25, -0.2) is 19.9 Å². The van der Waals surface area contributed by atoms with E-state index in [1.54, 1.807) is 29.2 Å². The number of anilines is 1. The smallest absolute Gasteiger partial charge is 0.188 e. The summed E-state index contributed by atoms with van der Waals surface area (Å²) in [6, 6.07) is 5.64. The van der Waals surface area contributed by atoms with Crippen LogP contribution in [0.4, 0.5) is 5.82 Å². The largest absolute Gasteiger partial charge is 0.364 e. The Balaban J connectivity index is 1.55. The van der Waals surface area contributed by atoms with E-state index < -0.39 is 0 Å². The first-order valence-corrected chi connectivity index (χ1v) is 7.94. The molecule has 8 heteroatoms. The standard InChI is InChI=1S/C15H13N7S/c1-10-7-13(22-12(20-10)3-6-19-22)18-8-11-9-23-15(21-11)14-16-4-2-5-17-14/h2-7,9,18H,8H2,1H3. The summed E-state index contributed by atoms with van der Waals surface area (Å²) in [7, 11) is 0. The van der Waals surface area contributed by atoms with E-state index in [9.17, 15) is 0 Å². The Morgan fingerprint density at radius 3 is 2.91 bits per heavy atom. The second-order valence-electron chi connectivity index (χ2n) is 4.95. The number of thiazole rings is 1. The van der Waals surface area contributed by atoms with Crippen molar-refractivity contribution in [3.63, 3.8) is 0 Å². The van der Waals surface area contributed by atoms with Crippen LogP contribution in [-0.2, 0) is 6.54 Å². The summed E-state index contributed by atoms with van der Waals surface area (Å²) in [5, 5.41) is 10.5. The van der Waals surface area contributed by atoms with Crippen molar-refractivity contribution in [3.05, 3.63) is 53.6 Å². The van der Waals surface area contributed by atoms with Gasteiger partial charge < -0.3 is 5.32 Å². The Morgan fingerprint density at radius 2 is 2.04 bits per heavy atom. The number of nitrogens with zero attached hydrogens (tertiary/aromatic N) is 6. The van der Waals surface area contributed by atoms with Gasteiger partial charge >= 0.3 is 0 Å². The molecule has 0 aliphatic heterocycles. The Labute approximate surface area is 136 Å². The summed E-state index contributed by atoms with van der Waals surface area (Å²) in [6.07, 6.45) is 5.17. The van der Waals surface area contributed by atoms with E-state index in [4.69, 9.17) is 0 Å². The molecule has 0 bridgehead atoms. The Bertz CT molecular complexity index is 945. The third-order valence-corrected chi connectivity index (χ3v) is 4.13. The molecule has 0 amide bonds. The zero-order chi connectivity index (χ0) is 15.6. The first kappa shape index (κ1) is 13.8. The van der Waals surface area contributed by atoms with E-state index in [1.807, 2.05) is 24.4 Å². The zero-order valence-corrected chi connectivity index (χ0v) is 13.2. The van der Waals surface area contributed by atoms with Gasteiger partial charge in [-0.1, -0.05) is 0 Å². The SMILES string of the molecule is Cc1cc(NCc2csc(-c3ncccn3)n2)n2nccc2n1. The maximum atomic E-state index is 4.57. The van der Waals surface area contributed by atoms with Crippen molar-refractivity contribution >= 4 is 22.8 Å². The highest BCUT2D eigenvalue weighted by molar-refractivity contribution is 7.13. The lowest BCUT2D eigenvalue weighted by atomic mass is 10.4. The maximum Gasteiger partial charge on any atom is 0.188 e. The highest BCUT2D eigenvalue weighted by Crippen LogP contribution is 2.20. The predicted octanol–water partition coefficient (Wildman–Crippen LogP) is 2.56. The maximum absolute atomic E-state index is 4.57. The quantitative estimate of drug-likeness (QED) is 0.621. The number of nitrogens with one attached hydrogen (secondary N) is 1. The van der Waals surface area contributed by atoms with Crippen LogP contribution >= 0.6 is 11.3 Å². The normalized spacial score (nSPS) is 11.0. The molecule has 0 aliphatic rings. The summed E-state index contributed by atoms with van der Waals surface area (Å²) >= 11 is 1.54. The zero-order valence-electron chi connectivity index (χ0n) is 12.3. The summed E-state index contributed by atoms with van der Waals surface area (Å²) in [6.45, 7) is 2.56. The Kier molecular flexibility index (Phi) is 3.43. The van der Waals surface area contributed by atoms with Gasteiger partial charge in [0.2, 0.25) is 0 Å². The fourth-order valence-corrected chi connectivity index (χ4v) is 3.01. The molecule has 0 unspecified atom stereocenters. The number of aromatic nitrogens is 6. The van der Waals surface area contributed by atoms with Crippen molar-refractivity contribution in [3.8, 4) is 10.8 Å². The molecule has 0 fully saturated rings. The van der Waals surface area contributed by atoms with Gasteiger partial charge in [-0.15, -0.1) is 11.3 Å². The van der Waals surface area contributed by atoms with Crippen LogP contribution in [0.2, 0.25) is 0 Å². The van der Waals surface area contributed by atoms with Gasteiger partial charge in [-0.2, -0.15) is 9.61 Å². The van der Waals surface area contributed by atoms with Gasteiger partial charge in [0.1, 0.15) is 5.82 Å². The monoisotopic (exact) mass is 323 g/mol. The summed E-state index contributed by atoms with van der Waals surface area (Å²) in [5.74, 6) is 1.54. The molecule has 0 aliphatic carbocycles. The fourth-order valence-electron chi connectivity index (χ4n) is 2.25. The van der Waals surface area contributed by atoms with Crippen molar-refractivity contribution in [2.45, 2.75) is 13.5 Å². The molecule has 0 saturated carbocycles. The average Bonchev–Trinajstić information content (AvgIpc) is 3.22. The van der Waals surface area contributed by atoms with Crippen molar-refractivity contribution in [1.82, 2.24) is 29.5 Å². The number of aryl methyl sites for hydroxylation is 1. The average molecular weight is 323 g/mol. The molecule has 0 aromatic carbocycles. The Morgan fingerprint density at radius 1 is 1.17 bits per heavy atom. The van der Waals surface area contributed by atoms with Gasteiger partial charge in [0.25, 0.3) is 0 Å². The van der Waals surface area contributed by atoms with E-state index >= 15 is 0 Å². The number of rotatable bonds is 4. The van der Waals surface area contributed by atoms with E-state index in [0.717, 1.165) is 27.9 Å². The van der Waals surface area contributed by atoms with Crippen LogP contribution in [0.15, 0.2) is 42.2 Å². The number of fused-ring (bicyclic) bond motifs is 1. The lowest BCUT2D eigenvalue weighted by Crippen LogP contribution is -2.06. The minimum Gasteiger partial charge on any atom is -0.364 e. The van der Waals surface area contributed by atoms with Crippen LogP contribution in [0, 0.1) is 6.92 Å². The van der Waals surface area contributed by atoms with E-state index in [-0.39, 0.29) is 0 Å². The van der Waals surface area contributed by atoms with E-state index in [1.165, 1.54) is 11.3 Å². The minimum atomic E-state index is 0.599. The molecule has 4 rings (SSSR count).